The Kier molecular flexibility index (Phi) is 4.69. The van der Waals surface area contributed by atoms with E-state index in [4.69, 9.17) is 0 Å². The van der Waals surface area contributed by atoms with Crippen LogP contribution in [-0.2, 0) is 9.59 Å². The molecule has 0 aromatic heterocycles. The van der Waals surface area contributed by atoms with E-state index in [-0.39, 0.29) is 29.6 Å². The van der Waals surface area contributed by atoms with Crippen LogP contribution < -0.4 is 5.32 Å². The van der Waals surface area contributed by atoms with Crippen molar-refractivity contribution in [1.82, 2.24) is 15.1 Å². The highest BCUT2D eigenvalue weighted by atomic mass is 19.1. The molecule has 4 aliphatic rings. The molecule has 1 N–H and O–H groups in total. The molecule has 26 heavy (non-hydrogen) atoms. The molecule has 0 radical (unpaired) electrons. The van der Waals surface area contributed by atoms with Crippen LogP contribution >= 0.6 is 0 Å². The molecule has 4 heterocycles. The van der Waals surface area contributed by atoms with Gasteiger partial charge in [-0.15, -0.1) is 0 Å². The third kappa shape index (κ3) is 3.11. The minimum atomic E-state index is -0.225. The number of nitrogens with one attached hydrogen (secondary N) is 1. The van der Waals surface area contributed by atoms with Gasteiger partial charge in [-0.1, -0.05) is 12.1 Å². The molecule has 0 unspecified atom stereocenters. The van der Waals surface area contributed by atoms with E-state index in [9.17, 15) is 14.0 Å². The number of carbonyl (C=O) groups is 2. The van der Waals surface area contributed by atoms with Crippen molar-refractivity contribution >= 4 is 11.8 Å². The Balaban J connectivity index is 1.56. The summed E-state index contributed by atoms with van der Waals surface area (Å²) in [6, 6.07) is 7.34. The van der Waals surface area contributed by atoms with Crippen LogP contribution in [0.1, 0.15) is 37.7 Å². The molecular weight excluding hydrogens is 333 g/mol. The van der Waals surface area contributed by atoms with Crippen LogP contribution in [0.4, 0.5) is 4.39 Å². The Morgan fingerprint density at radius 2 is 1.85 bits per heavy atom. The van der Waals surface area contributed by atoms with E-state index in [1.165, 1.54) is 19.1 Å². The number of fused-ring (bicyclic) bond motifs is 2. The van der Waals surface area contributed by atoms with Gasteiger partial charge in [-0.3, -0.25) is 14.5 Å². The smallest absolute Gasteiger partial charge is 0.224 e. The molecule has 5 rings (SSSR count). The first kappa shape index (κ1) is 17.5. The Hall–Kier alpha value is -1.95. The lowest BCUT2D eigenvalue weighted by molar-refractivity contribution is -0.135. The summed E-state index contributed by atoms with van der Waals surface area (Å²) in [6.45, 7) is 4.73. The molecule has 3 atom stereocenters. The summed E-state index contributed by atoms with van der Waals surface area (Å²) in [6.07, 6.45) is 2.63. The van der Waals surface area contributed by atoms with E-state index in [0.29, 0.717) is 31.5 Å². The third-order valence-electron chi connectivity index (χ3n) is 6.33. The monoisotopic (exact) mass is 359 g/mol. The fourth-order valence-corrected chi connectivity index (χ4v) is 5.20. The van der Waals surface area contributed by atoms with E-state index in [1.807, 2.05) is 12.1 Å². The summed E-state index contributed by atoms with van der Waals surface area (Å²) in [5.74, 6) is 0.571. The molecular formula is C20H26FN3O2. The fourth-order valence-electron chi connectivity index (χ4n) is 5.20. The number of piperidine rings is 3. The maximum absolute atomic E-state index is 13.4. The van der Waals surface area contributed by atoms with E-state index in [1.54, 1.807) is 0 Å². The van der Waals surface area contributed by atoms with E-state index in [0.717, 1.165) is 31.5 Å². The summed E-state index contributed by atoms with van der Waals surface area (Å²) >= 11 is 0. The third-order valence-corrected chi connectivity index (χ3v) is 6.33. The van der Waals surface area contributed by atoms with Crippen LogP contribution in [0.25, 0.3) is 0 Å². The number of halogens is 1. The first-order chi connectivity index (χ1) is 12.5. The number of nitrogens with zero attached hydrogens (tertiary/aromatic N) is 2. The van der Waals surface area contributed by atoms with Crippen LogP contribution in [0.3, 0.4) is 0 Å². The Morgan fingerprint density at radius 1 is 1.15 bits per heavy atom. The molecule has 1 aromatic rings. The maximum atomic E-state index is 13.4. The van der Waals surface area contributed by atoms with Gasteiger partial charge in [-0.2, -0.15) is 0 Å². The van der Waals surface area contributed by atoms with Gasteiger partial charge in [0.2, 0.25) is 11.8 Å². The van der Waals surface area contributed by atoms with Crippen molar-refractivity contribution in [3.63, 3.8) is 0 Å². The fraction of sp³-hybridized carbons (Fsp3) is 0.600. The standard InChI is InChI=1S/C20H26FN3O2/c1-13(25)22-9-6-18(26)24-12-17(14-2-4-16(21)5-3-14)20-19(24)15-7-10-23(20)11-8-15/h2-5,15,17,19-20H,6-12H2,1H3,(H,22,25)/t17-,19+,20+/m0/s1. The summed E-state index contributed by atoms with van der Waals surface area (Å²) in [7, 11) is 0. The zero-order valence-electron chi connectivity index (χ0n) is 15.2. The molecule has 5 nitrogen and oxygen atoms in total. The minimum absolute atomic E-state index is 0.107. The molecule has 4 aliphatic heterocycles. The van der Waals surface area contributed by atoms with Gasteiger partial charge in [-0.05, 0) is 49.5 Å². The van der Waals surface area contributed by atoms with Gasteiger partial charge in [0.05, 0.1) is 6.04 Å². The topological polar surface area (TPSA) is 52.7 Å². The van der Waals surface area contributed by atoms with Gasteiger partial charge in [-0.25, -0.2) is 4.39 Å². The first-order valence-corrected chi connectivity index (χ1v) is 9.58. The number of amides is 2. The zero-order valence-corrected chi connectivity index (χ0v) is 15.2. The highest BCUT2D eigenvalue weighted by Gasteiger charge is 2.54. The normalized spacial score (nSPS) is 32.4. The van der Waals surface area contributed by atoms with Crippen LogP contribution in [0.15, 0.2) is 24.3 Å². The average molecular weight is 359 g/mol. The average Bonchev–Trinajstić information content (AvgIpc) is 3.06. The second-order valence-corrected chi connectivity index (χ2v) is 7.79. The van der Waals surface area contributed by atoms with Gasteiger partial charge in [0.15, 0.2) is 0 Å². The van der Waals surface area contributed by atoms with E-state index < -0.39 is 0 Å². The summed E-state index contributed by atoms with van der Waals surface area (Å²) in [5.41, 5.74) is 1.12. The van der Waals surface area contributed by atoms with Crippen molar-refractivity contribution in [3.05, 3.63) is 35.6 Å². The molecule has 140 valence electrons. The van der Waals surface area contributed by atoms with Gasteiger partial charge >= 0.3 is 0 Å². The predicted octanol–water partition coefficient (Wildman–Crippen LogP) is 1.74. The highest BCUT2D eigenvalue weighted by molar-refractivity contribution is 5.79. The molecule has 0 spiro atoms. The van der Waals surface area contributed by atoms with Crippen molar-refractivity contribution in [3.8, 4) is 0 Å². The maximum Gasteiger partial charge on any atom is 0.224 e. The molecule has 0 aliphatic carbocycles. The number of likely N-dealkylation sites (tertiary alicyclic amines) is 1. The SMILES string of the molecule is CC(=O)NCCC(=O)N1C[C@@H](c2ccc(F)cc2)[C@@H]2[C@H]1C1CCN2CC1. The van der Waals surface area contributed by atoms with Crippen molar-refractivity contribution in [2.45, 2.75) is 44.2 Å². The zero-order chi connectivity index (χ0) is 18.3. The second kappa shape index (κ2) is 6.99. The number of benzene rings is 1. The largest absolute Gasteiger partial charge is 0.356 e. The molecule has 4 saturated heterocycles. The van der Waals surface area contributed by atoms with Gasteiger partial charge in [0.25, 0.3) is 0 Å². The summed E-state index contributed by atoms with van der Waals surface area (Å²) < 4.78 is 13.4. The Labute approximate surface area is 153 Å². The number of hydrogen-bond acceptors (Lipinski definition) is 3. The highest BCUT2D eigenvalue weighted by Crippen LogP contribution is 2.46. The van der Waals surface area contributed by atoms with Crippen LogP contribution in [-0.4, -0.2) is 59.9 Å². The van der Waals surface area contributed by atoms with Crippen molar-refractivity contribution < 1.29 is 14.0 Å². The van der Waals surface area contributed by atoms with Gasteiger partial charge in [0, 0.05) is 38.4 Å². The molecule has 2 bridgehead atoms. The molecule has 1 aromatic carbocycles. The molecule has 2 amide bonds. The molecule has 6 heteroatoms. The van der Waals surface area contributed by atoms with Crippen LogP contribution in [0, 0.1) is 11.7 Å². The number of hydrogen-bond donors (Lipinski definition) is 1. The quantitative estimate of drug-likeness (QED) is 0.891. The van der Waals surface area contributed by atoms with Crippen molar-refractivity contribution in [2.75, 3.05) is 26.2 Å². The van der Waals surface area contributed by atoms with E-state index in [2.05, 4.69) is 15.1 Å². The first-order valence-electron chi connectivity index (χ1n) is 9.58. The number of carbonyl (C=O) groups excluding carboxylic acids is 2. The lowest BCUT2D eigenvalue weighted by atomic mass is 9.75. The summed E-state index contributed by atoms with van der Waals surface area (Å²) in [5, 5.41) is 2.72. The van der Waals surface area contributed by atoms with Gasteiger partial charge in [0.1, 0.15) is 5.82 Å². The van der Waals surface area contributed by atoms with Crippen LogP contribution in [0.2, 0.25) is 0 Å². The predicted molar refractivity (Wildman–Crippen MR) is 96.0 cm³/mol. The molecule has 0 saturated carbocycles. The van der Waals surface area contributed by atoms with Crippen LogP contribution in [0.5, 0.6) is 0 Å². The second-order valence-electron chi connectivity index (χ2n) is 7.79. The van der Waals surface area contributed by atoms with Crippen molar-refractivity contribution in [2.24, 2.45) is 5.92 Å². The Morgan fingerprint density at radius 3 is 2.50 bits per heavy atom. The summed E-state index contributed by atoms with van der Waals surface area (Å²) in [4.78, 5) is 28.5. The number of rotatable bonds is 4. The van der Waals surface area contributed by atoms with E-state index >= 15 is 0 Å². The molecule has 4 fully saturated rings. The minimum Gasteiger partial charge on any atom is -0.356 e. The lowest BCUT2D eigenvalue weighted by Crippen LogP contribution is -2.60. The van der Waals surface area contributed by atoms with Crippen molar-refractivity contribution in [1.29, 1.82) is 0 Å². The Bertz CT molecular complexity index is 685. The lowest BCUT2D eigenvalue weighted by Gasteiger charge is -2.51. The van der Waals surface area contributed by atoms with Gasteiger partial charge < -0.3 is 10.2 Å².